The van der Waals surface area contributed by atoms with E-state index < -0.39 is 21.8 Å². The van der Waals surface area contributed by atoms with Crippen molar-refractivity contribution in [1.29, 1.82) is 0 Å². The van der Waals surface area contributed by atoms with Gasteiger partial charge in [-0.25, -0.2) is 22.3 Å². The minimum Gasteiger partial charge on any atom is -0.495 e. The molecule has 10 heteroatoms. The quantitative estimate of drug-likeness (QED) is 0.462. The Hall–Kier alpha value is -3.40. The average Bonchev–Trinajstić information content (AvgIpc) is 3.36. The van der Waals surface area contributed by atoms with Crippen molar-refractivity contribution in [1.82, 2.24) is 9.78 Å². The first-order chi connectivity index (χ1) is 16.7. The van der Waals surface area contributed by atoms with Crippen molar-refractivity contribution in [3.05, 3.63) is 65.7 Å². The summed E-state index contributed by atoms with van der Waals surface area (Å²) in [4.78, 5) is 11.6. The van der Waals surface area contributed by atoms with E-state index in [-0.39, 0.29) is 21.9 Å². The van der Waals surface area contributed by atoms with Crippen LogP contribution in [0.1, 0.15) is 54.4 Å². The molecule has 0 amide bonds. The number of nitrogens with one attached hydrogen (secondary N) is 1. The fourth-order valence-corrected chi connectivity index (χ4v) is 5.34. The molecule has 0 saturated heterocycles. The number of benzene rings is 2. The summed E-state index contributed by atoms with van der Waals surface area (Å²) in [5, 5.41) is 4.19. The van der Waals surface area contributed by atoms with E-state index in [4.69, 9.17) is 4.74 Å². The highest BCUT2D eigenvalue weighted by Crippen LogP contribution is 2.36. The van der Waals surface area contributed by atoms with Crippen LogP contribution in [0.2, 0.25) is 0 Å². The van der Waals surface area contributed by atoms with Gasteiger partial charge < -0.3 is 9.47 Å². The normalized spacial score (nSPS) is 18.2. The average molecular weight is 502 g/mol. The lowest BCUT2D eigenvalue weighted by Gasteiger charge is -2.26. The summed E-state index contributed by atoms with van der Waals surface area (Å²) >= 11 is 0. The number of carbonyl (C=O) groups excluding carboxylic acids is 1. The van der Waals surface area contributed by atoms with Crippen molar-refractivity contribution in [3.63, 3.8) is 0 Å². The molecule has 8 nitrogen and oxygen atoms in total. The Kier molecular flexibility index (Phi) is 7.11. The predicted octanol–water partition coefficient (Wildman–Crippen LogP) is 4.90. The number of anilines is 1. The number of esters is 1. The van der Waals surface area contributed by atoms with Crippen molar-refractivity contribution in [3.8, 4) is 11.4 Å². The molecule has 1 aliphatic carbocycles. The predicted molar refractivity (Wildman–Crippen MR) is 129 cm³/mol. The molecule has 3 aromatic rings. The third-order valence-electron chi connectivity index (χ3n) is 6.45. The van der Waals surface area contributed by atoms with Gasteiger partial charge in [-0.3, -0.25) is 4.72 Å². The molecule has 1 fully saturated rings. The smallest absolute Gasteiger partial charge is 0.340 e. The maximum Gasteiger partial charge on any atom is 0.340 e. The summed E-state index contributed by atoms with van der Waals surface area (Å²) in [6.45, 7) is 2.29. The topological polar surface area (TPSA) is 99.5 Å². The highest BCUT2D eigenvalue weighted by molar-refractivity contribution is 7.92. The van der Waals surface area contributed by atoms with Gasteiger partial charge in [0, 0.05) is 6.07 Å². The number of ether oxygens (including phenoxy) is 2. The standard InChI is InChI=1S/C25H28FN3O5S/c1-16-4-6-17(7-5-16)18-8-10-19(11-9-18)29-15-20(14-27-29)35(31,32)28-23-13-22(26)21(25(30)34-3)12-24(23)33-2/h8-17,28H,4-7H2,1-3H3. The molecular formula is C25H28FN3O5S. The van der Waals surface area contributed by atoms with E-state index in [1.54, 1.807) is 0 Å². The van der Waals surface area contributed by atoms with Gasteiger partial charge in [0.2, 0.25) is 0 Å². The Labute approximate surface area is 204 Å². The molecule has 1 aliphatic rings. The van der Waals surface area contributed by atoms with E-state index in [2.05, 4.69) is 33.6 Å². The number of hydrogen-bond acceptors (Lipinski definition) is 6. The van der Waals surface area contributed by atoms with Gasteiger partial charge in [0.15, 0.2) is 0 Å². The highest BCUT2D eigenvalue weighted by atomic mass is 32.2. The van der Waals surface area contributed by atoms with Crippen LogP contribution >= 0.6 is 0 Å². The molecular weight excluding hydrogens is 473 g/mol. The van der Waals surface area contributed by atoms with Gasteiger partial charge in [-0.1, -0.05) is 31.9 Å². The van der Waals surface area contributed by atoms with E-state index in [0.717, 1.165) is 30.8 Å². The molecule has 0 unspecified atom stereocenters. The van der Waals surface area contributed by atoms with Crippen LogP contribution < -0.4 is 9.46 Å². The minimum atomic E-state index is -4.12. The number of rotatable bonds is 7. The van der Waals surface area contributed by atoms with Crippen LogP contribution in [0.25, 0.3) is 5.69 Å². The van der Waals surface area contributed by atoms with Gasteiger partial charge >= 0.3 is 5.97 Å². The Morgan fingerprint density at radius 1 is 1.11 bits per heavy atom. The molecule has 1 heterocycles. The second-order valence-corrected chi connectivity index (χ2v) is 10.5. The Bertz CT molecular complexity index is 1310. The van der Waals surface area contributed by atoms with E-state index in [1.165, 1.54) is 55.4 Å². The number of methoxy groups -OCH3 is 2. The van der Waals surface area contributed by atoms with Crippen molar-refractivity contribution < 1.29 is 27.1 Å². The lowest BCUT2D eigenvalue weighted by molar-refractivity contribution is 0.0595. The molecule has 0 bridgehead atoms. The molecule has 4 rings (SSSR count). The Balaban J connectivity index is 1.53. The zero-order valence-electron chi connectivity index (χ0n) is 19.8. The second kappa shape index (κ2) is 10.1. The third kappa shape index (κ3) is 5.32. The summed E-state index contributed by atoms with van der Waals surface area (Å²) in [6.07, 6.45) is 7.43. The molecule has 1 N–H and O–H groups in total. The van der Waals surface area contributed by atoms with E-state index in [9.17, 15) is 17.6 Å². The first-order valence-corrected chi connectivity index (χ1v) is 12.8. The zero-order valence-corrected chi connectivity index (χ0v) is 20.6. The lowest BCUT2D eigenvalue weighted by atomic mass is 9.79. The van der Waals surface area contributed by atoms with E-state index >= 15 is 0 Å². The van der Waals surface area contributed by atoms with Crippen molar-refractivity contribution >= 4 is 21.7 Å². The molecule has 1 saturated carbocycles. The van der Waals surface area contributed by atoms with Crippen LogP contribution in [0.15, 0.2) is 53.7 Å². The summed E-state index contributed by atoms with van der Waals surface area (Å²) in [7, 11) is -1.72. The highest BCUT2D eigenvalue weighted by Gasteiger charge is 2.23. The lowest BCUT2D eigenvalue weighted by Crippen LogP contribution is -2.14. The second-order valence-electron chi connectivity index (χ2n) is 8.80. The minimum absolute atomic E-state index is 0.0320. The third-order valence-corrected chi connectivity index (χ3v) is 7.77. The van der Waals surface area contributed by atoms with Crippen LogP contribution in [0.3, 0.4) is 0 Å². The van der Waals surface area contributed by atoms with Crippen LogP contribution in [0, 0.1) is 11.7 Å². The molecule has 1 aromatic heterocycles. The largest absolute Gasteiger partial charge is 0.495 e. The van der Waals surface area contributed by atoms with Crippen molar-refractivity contribution in [2.24, 2.45) is 5.92 Å². The summed E-state index contributed by atoms with van der Waals surface area (Å²) < 4.78 is 53.7. The summed E-state index contributed by atoms with van der Waals surface area (Å²) in [6, 6.07) is 9.94. The molecule has 0 spiro atoms. The Morgan fingerprint density at radius 3 is 2.43 bits per heavy atom. The summed E-state index contributed by atoms with van der Waals surface area (Å²) in [5.41, 5.74) is 1.49. The number of aromatic nitrogens is 2. The van der Waals surface area contributed by atoms with E-state index in [0.29, 0.717) is 5.92 Å². The number of hydrogen-bond donors (Lipinski definition) is 1. The molecule has 35 heavy (non-hydrogen) atoms. The number of halogens is 1. The van der Waals surface area contributed by atoms with Gasteiger partial charge in [-0.2, -0.15) is 5.10 Å². The van der Waals surface area contributed by atoms with E-state index in [1.807, 2.05) is 12.1 Å². The van der Waals surface area contributed by atoms with Gasteiger partial charge in [0.25, 0.3) is 10.0 Å². The van der Waals surface area contributed by atoms with Crippen LogP contribution in [-0.2, 0) is 14.8 Å². The van der Waals surface area contributed by atoms with Gasteiger partial charge in [-0.05, 0) is 48.4 Å². The summed E-state index contributed by atoms with van der Waals surface area (Å²) in [5.74, 6) is -0.542. The monoisotopic (exact) mass is 501 g/mol. The zero-order chi connectivity index (χ0) is 25.2. The molecule has 2 aromatic carbocycles. The maximum atomic E-state index is 14.4. The fraction of sp³-hybridized carbons (Fsp3) is 0.360. The van der Waals surface area contributed by atoms with Crippen LogP contribution in [-0.4, -0.2) is 38.4 Å². The van der Waals surface area contributed by atoms with Gasteiger partial charge in [-0.15, -0.1) is 0 Å². The van der Waals surface area contributed by atoms with Crippen molar-refractivity contribution in [2.75, 3.05) is 18.9 Å². The number of sulfonamides is 1. The SMILES string of the molecule is COC(=O)c1cc(OC)c(NS(=O)(=O)c2cnn(-c3ccc(C4CCC(C)CC4)cc3)c2)cc1F. The fourth-order valence-electron chi connectivity index (χ4n) is 4.35. The van der Waals surface area contributed by atoms with Crippen LogP contribution in [0.4, 0.5) is 10.1 Å². The first kappa shape index (κ1) is 24.7. The molecule has 0 aliphatic heterocycles. The number of carbonyl (C=O) groups is 1. The van der Waals surface area contributed by atoms with Gasteiger partial charge in [0.05, 0.1) is 43.6 Å². The molecule has 0 atom stereocenters. The van der Waals surface area contributed by atoms with Crippen molar-refractivity contribution in [2.45, 2.75) is 43.4 Å². The van der Waals surface area contributed by atoms with Crippen LogP contribution in [0.5, 0.6) is 5.75 Å². The Morgan fingerprint density at radius 2 is 1.80 bits per heavy atom. The van der Waals surface area contributed by atoms with Gasteiger partial charge in [0.1, 0.15) is 16.5 Å². The molecule has 0 radical (unpaired) electrons. The number of nitrogens with zero attached hydrogens (tertiary/aromatic N) is 2. The molecule has 186 valence electrons. The first-order valence-electron chi connectivity index (χ1n) is 11.4. The maximum absolute atomic E-state index is 14.4.